The van der Waals surface area contributed by atoms with Gasteiger partial charge in [-0.15, -0.1) is 0 Å². The van der Waals surface area contributed by atoms with Gasteiger partial charge in [0.25, 0.3) is 0 Å². The van der Waals surface area contributed by atoms with E-state index in [1.165, 1.54) is 24.3 Å². The summed E-state index contributed by atoms with van der Waals surface area (Å²) >= 11 is 0. The van der Waals surface area contributed by atoms with Gasteiger partial charge in [0.05, 0.1) is 5.56 Å². The lowest BCUT2D eigenvalue weighted by Gasteiger charge is -2.15. The summed E-state index contributed by atoms with van der Waals surface area (Å²) in [6.45, 7) is 5.36. The number of aryl methyl sites for hydroxylation is 3. The molecule has 0 fully saturated rings. The number of nitrogens with zero attached hydrogens (tertiary/aromatic N) is 1. The first kappa shape index (κ1) is 16.5. The molecule has 0 unspecified atom stereocenters. The lowest BCUT2D eigenvalue weighted by Crippen LogP contribution is -2.23. The number of hydrogen-bond acceptors (Lipinski definition) is 3. The zero-order valence-electron chi connectivity index (χ0n) is 13.2. The van der Waals surface area contributed by atoms with Crippen LogP contribution in [0, 0.1) is 20.8 Å². The van der Waals surface area contributed by atoms with Crippen LogP contribution in [0.25, 0.3) is 0 Å². The van der Waals surface area contributed by atoms with E-state index in [-0.39, 0.29) is 23.4 Å². The molecular formula is C17H18N2O4. The topological polar surface area (TPSA) is 88.4 Å². The van der Waals surface area contributed by atoms with Gasteiger partial charge in [0.15, 0.2) is 5.43 Å². The Bertz CT molecular complexity index is 811. The summed E-state index contributed by atoms with van der Waals surface area (Å²) in [5.74, 6) is -1.34. The van der Waals surface area contributed by atoms with Gasteiger partial charge in [-0.25, -0.2) is 4.79 Å². The molecule has 120 valence electrons. The Morgan fingerprint density at radius 3 is 2.26 bits per heavy atom. The number of rotatable bonds is 4. The third kappa shape index (κ3) is 3.85. The number of carbonyl (C=O) groups excluding carboxylic acids is 1. The summed E-state index contributed by atoms with van der Waals surface area (Å²) in [6.07, 6.45) is 0. The highest BCUT2D eigenvalue weighted by atomic mass is 16.4. The highest BCUT2D eigenvalue weighted by Gasteiger charge is 2.11. The van der Waals surface area contributed by atoms with Crippen LogP contribution in [0.5, 0.6) is 0 Å². The molecule has 2 rings (SSSR count). The molecule has 2 aromatic rings. The van der Waals surface area contributed by atoms with Crippen molar-refractivity contribution in [2.24, 2.45) is 0 Å². The van der Waals surface area contributed by atoms with E-state index in [1.807, 2.05) is 0 Å². The summed E-state index contributed by atoms with van der Waals surface area (Å²) in [5.41, 5.74) is 2.65. The minimum Gasteiger partial charge on any atom is -0.478 e. The van der Waals surface area contributed by atoms with Crippen molar-refractivity contribution in [3.63, 3.8) is 0 Å². The molecule has 0 saturated heterocycles. The van der Waals surface area contributed by atoms with Crippen molar-refractivity contribution in [2.45, 2.75) is 27.3 Å². The second-order valence-electron chi connectivity index (χ2n) is 5.44. The second kappa shape index (κ2) is 6.48. The highest BCUT2D eigenvalue weighted by molar-refractivity contribution is 5.94. The first-order chi connectivity index (χ1) is 10.8. The minimum atomic E-state index is -1.05. The first-order valence-electron chi connectivity index (χ1n) is 7.10. The number of carbonyl (C=O) groups is 2. The fourth-order valence-corrected chi connectivity index (χ4v) is 2.36. The minimum absolute atomic E-state index is 0.0503. The van der Waals surface area contributed by atoms with Gasteiger partial charge >= 0.3 is 5.97 Å². The van der Waals surface area contributed by atoms with Crippen LogP contribution in [0.15, 0.2) is 35.1 Å². The van der Waals surface area contributed by atoms with Gasteiger partial charge in [0.2, 0.25) is 5.91 Å². The number of nitrogens with one attached hydrogen (secondary N) is 1. The van der Waals surface area contributed by atoms with Crippen LogP contribution < -0.4 is 10.7 Å². The van der Waals surface area contributed by atoms with E-state index in [0.29, 0.717) is 17.1 Å². The van der Waals surface area contributed by atoms with Crippen molar-refractivity contribution >= 4 is 17.6 Å². The predicted molar refractivity (Wildman–Crippen MR) is 86.9 cm³/mol. The Balaban J connectivity index is 2.22. The Kier molecular flexibility index (Phi) is 4.64. The number of hydrogen-bond donors (Lipinski definition) is 2. The normalized spacial score (nSPS) is 10.4. The van der Waals surface area contributed by atoms with Crippen LogP contribution in [0.1, 0.15) is 27.3 Å². The Morgan fingerprint density at radius 1 is 1.09 bits per heavy atom. The van der Waals surface area contributed by atoms with E-state index in [9.17, 15) is 14.4 Å². The van der Waals surface area contributed by atoms with Crippen LogP contribution >= 0.6 is 0 Å². The largest absolute Gasteiger partial charge is 0.478 e. The van der Waals surface area contributed by atoms with Gasteiger partial charge in [-0.1, -0.05) is 6.07 Å². The summed E-state index contributed by atoms with van der Waals surface area (Å²) in [5, 5.41) is 11.7. The first-order valence-corrected chi connectivity index (χ1v) is 7.10. The van der Waals surface area contributed by atoms with E-state index < -0.39 is 5.97 Å². The van der Waals surface area contributed by atoms with Crippen molar-refractivity contribution in [3.8, 4) is 0 Å². The quantitative estimate of drug-likeness (QED) is 0.904. The molecule has 0 aliphatic carbocycles. The molecule has 6 heteroatoms. The van der Waals surface area contributed by atoms with Crippen molar-refractivity contribution in [3.05, 3.63) is 63.1 Å². The van der Waals surface area contributed by atoms with Crippen LogP contribution in [0.4, 0.5) is 5.69 Å². The highest BCUT2D eigenvalue weighted by Crippen LogP contribution is 2.17. The number of aromatic nitrogens is 1. The molecule has 6 nitrogen and oxygen atoms in total. The maximum Gasteiger partial charge on any atom is 0.335 e. The van der Waals surface area contributed by atoms with Crippen molar-refractivity contribution in [1.29, 1.82) is 0 Å². The zero-order valence-corrected chi connectivity index (χ0v) is 13.2. The van der Waals surface area contributed by atoms with Gasteiger partial charge in [-0.3, -0.25) is 9.59 Å². The fraction of sp³-hybridized carbons (Fsp3) is 0.235. The zero-order chi connectivity index (χ0) is 17.1. The number of aromatic carboxylic acids is 1. The lowest BCUT2D eigenvalue weighted by atomic mass is 10.1. The second-order valence-corrected chi connectivity index (χ2v) is 5.44. The Morgan fingerprint density at radius 2 is 1.70 bits per heavy atom. The van der Waals surface area contributed by atoms with E-state index in [4.69, 9.17) is 5.11 Å². The molecule has 0 aliphatic heterocycles. The maximum absolute atomic E-state index is 12.2. The number of amides is 1. The number of carboxylic acid groups (broad SMARTS) is 1. The van der Waals surface area contributed by atoms with Gasteiger partial charge in [0, 0.05) is 29.2 Å². The number of carboxylic acids is 1. The summed E-state index contributed by atoms with van der Waals surface area (Å²) in [7, 11) is 0. The average molecular weight is 314 g/mol. The molecule has 1 amide bonds. The van der Waals surface area contributed by atoms with E-state index in [2.05, 4.69) is 5.32 Å². The van der Waals surface area contributed by atoms with Crippen molar-refractivity contribution in [1.82, 2.24) is 4.57 Å². The molecule has 1 aromatic heterocycles. The molecule has 0 radical (unpaired) electrons. The Labute approximate surface area is 133 Å². The average Bonchev–Trinajstić information content (AvgIpc) is 2.45. The molecule has 0 spiro atoms. The molecular weight excluding hydrogens is 296 g/mol. The number of anilines is 1. The van der Waals surface area contributed by atoms with Crippen LogP contribution in [0.3, 0.4) is 0 Å². The fourth-order valence-electron chi connectivity index (χ4n) is 2.36. The van der Waals surface area contributed by atoms with Crippen LogP contribution in [-0.2, 0) is 11.3 Å². The molecule has 0 bridgehead atoms. The number of benzene rings is 1. The molecule has 0 aliphatic rings. The van der Waals surface area contributed by atoms with Crippen molar-refractivity contribution < 1.29 is 14.7 Å². The molecule has 1 heterocycles. The third-order valence-electron chi connectivity index (χ3n) is 3.61. The summed E-state index contributed by atoms with van der Waals surface area (Å²) < 4.78 is 1.73. The SMILES string of the molecule is Cc1ccc(C(=O)O)cc1NC(=O)Cn1c(C)cc(=O)cc1C. The van der Waals surface area contributed by atoms with Crippen molar-refractivity contribution in [2.75, 3.05) is 5.32 Å². The summed E-state index contributed by atoms with van der Waals surface area (Å²) in [4.78, 5) is 34.7. The Hall–Kier alpha value is -2.89. The van der Waals surface area contributed by atoms with Crippen LogP contribution in [-0.4, -0.2) is 21.6 Å². The van der Waals surface area contributed by atoms with Gasteiger partial charge in [-0.05, 0) is 38.5 Å². The van der Waals surface area contributed by atoms with Gasteiger partial charge in [0.1, 0.15) is 6.54 Å². The third-order valence-corrected chi connectivity index (χ3v) is 3.61. The van der Waals surface area contributed by atoms with E-state index >= 15 is 0 Å². The molecule has 0 atom stereocenters. The number of pyridine rings is 1. The monoisotopic (exact) mass is 314 g/mol. The smallest absolute Gasteiger partial charge is 0.335 e. The molecule has 1 aromatic carbocycles. The lowest BCUT2D eigenvalue weighted by molar-refractivity contribution is -0.116. The maximum atomic E-state index is 12.2. The summed E-state index contributed by atoms with van der Waals surface area (Å²) in [6, 6.07) is 7.51. The molecule has 23 heavy (non-hydrogen) atoms. The van der Waals surface area contributed by atoms with Crippen LogP contribution in [0.2, 0.25) is 0 Å². The predicted octanol–water partition coefficient (Wildman–Crippen LogP) is 2.11. The standard InChI is InChI=1S/C17H18N2O4/c1-10-4-5-13(17(22)23)8-15(10)18-16(21)9-19-11(2)6-14(20)7-12(19)3/h4-8H,9H2,1-3H3,(H,18,21)(H,22,23). The van der Waals surface area contributed by atoms with Gasteiger partial charge < -0.3 is 15.0 Å². The van der Waals surface area contributed by atoms with Gasteiger partial charge in [-0.2, -0.15) is 0 Å². The van der Waals surface area contributed by atoms with E-state index in [0.717, 1.165) is 5.56 Å². The molecule has 0 saturated carbocycles. The van der Waals surface area contributed by atoms with E-state index in [1.54, 1.807) is 31.4 Å². The molecule has 2 N–H and O–H groups in total.